The lowest BCUT2D eigenvalue weighted by atomic mass is 9.93. The molecule has 0 radical (unpaired) electrons. The Morgan fingerprint density at radius 3 is 2.43 bits per heavy atom. The van der Waals surface area contributed by atoms with Crippen molar-refractivity contribution in [3.8, 4) is 0 Å². The molecule has 160 valence electrons. The second-order valence-corrected chi connectivity index (χ2v) is 8.25. The lowest BCUT2D eigenvalue weighted by molar-refractivity contribution is -0.175. The van der Waals surface area contributed by atoms with Gasteiger partial charge in [0.15, 0.2) is 17.7 Å². The van der Waals surface area contributed by atoms with Gasteiger partial charge in [0.2, 0.25) is 5.91 Å². The van der Waals surface area contributed by atoms with E-state index in [1.165, 1.54) is 14.0 Å². The molecule has 0 unspecified atom stereocenters. The number of hydroxylamine groups is 1. The van der Waals surface area contributed by atoms with Crippen molar-refractivity contribution in [2.24, 2.45) is 0 Å². The van der Waals surface area contributed by atoms with E-state index in [2.05, 4.69) is 10.8 Å². The maximum absolute atomic E-state index is 11.9. The molecule has 10 nitrogen and oxygen atoms in total. The third kappa shape index (κ3) is 4.64. The van der Waals surface area contributed by atoms with Gasteiger partial charge in [-0.05, 0) is 27.7 Å². The molecule has 2 N–H and O–H groups in total. The third-order valence-electron chi connectivity index (χ3n) is 5.01. The molecule has 3 aliphatic heterocycles. The zero-order valence-electron chi connectivity index (χ0n) is 17.1. The summed E-state index contributed by atoms with van der Waals surface area (Å²) >= 11 is 0. The van der Waals surface area contributed by atoms with Crippen LogP contribution in [-0.4, -0.2) is 73.7 Å². The SMILES string of the molecule is COC(=O)[C@@H]1C[C@@H]([C@@H](NC(C)=O)[C@H]2OC(C)(C)O[C@@H]2[C@H]2COC(C)(C)O2)NO1. The van der Waals surface area contributed by atoms with Crippen LogP contribution >= 0.6 is 0 Å². The highest BCUT2D eigenvalue weighted by atomic mass is 16.8. The van der Waals surface area contributed by atoms with E-state index in [9.17, 15) is 9.59 Å². The van der Waals surface area contributed by atoms with E-state index < -0.39 is 41.9 Å². The van der Waals surface area contributed by atoms with Crippen molar-refractivity contribution in [1.29, 1.82) is 0 Å². The monoisotopic (exact) mass is 402 g/mol. The summed E-state index contributed by atoms with van der Waals surface area (Å²) in [5, 5.41) is 2.92. The zero-order valence-corrected chi connectivity index (χ0v) is 17.1. The third-order valence-corrected chi connectivity index (χ3v) is 5.01. The molecule has 28 heavy (non-hydrogen) atoms. The van der Waals surface area contributed by atoms with Crippen molar-refractivity contribution in [2.75, 3.05) is 13.7 Å². The minimum absolute atomic E-state index is 0.232. The van der Waals surface area contributed by atoms with Gasteiger partial charge in [-0.15, -0.1) is 0 Å². The van der Waals surface area contributed by atoms with E-state index in [-0.39, 0.29) is 18.1 Å². The summed E-state index contributed by atoms with van der Waals surface area (Å²) < 4.78 is 28.7. The quantitative estimate of drug-likeness (QED) is 0.613. The fourth-order valence-corrected chi connectivity index (χ4v) is 3.90. The molecule has 0 bridgehead atoms. The molecule has 0 aromatic heterocycles. The van der Waals surface area contributed by atoms with Gasteiger partial charge in [-0.3, -0.25) is 9.63 Å². The molecule has 0 saturated carbocycles. The lowest BCUT2D eigenvalue weighted by Crippen LogP contribution is -2.58. The smallest absolute Gasteiger partial charge is 0.337 e. The number of hydrogen-bond donors (Lipinski definition) is 2. The highest BCUT2D eigenvalue weighted by Gasteiger charge is 2.54. The zero-order chi connectivity index (χ0) is 20.7. The number of nitrogens with one attached hydrogen (secondary N) is 2. The maximum atomic E-state index is 11.9. The molecule has 0 aliphatic carbocycles. The van der Waals surface area contributed by atoms with Gasteiger partial charge in [-0.25, -0.2) is 4.79 Å². The molecular formula is C18H30N2O8. The Morgan fingerprint density at radius 2 is 1.86 bits per heavy atom. The molecule has 10 heteroatoms. The van der Waals surface area contributed by atoms with E-state index in [4.69, 9.17) is 28.5 Å². The average molecular weight is 402 g/mol. The Bertz CT molecular complexity index is 610. The second-order valence-electron chi connectivity index (χ2n) is 8.25. The van der Waals surface area contributed by atoms with Gasteiger partial charge in [0.05, 0.1) is 25.8 Å². The van der Waals surface area contributed by atoms with Crippen LogP contribution in [0, 0.1) is 0 Å². The average Bonchev–Trinajstić information content (AvgIpc) is 3.28. The van der Waals surface area contributed by atoms with E-state index in [1.807, 2.05) is 27.7 Å². The Labute approximate surface area is 164 Å². The summed E-state index contributed by atoms with van der Waals surface area (Å²) in [7, 11) is 1.30. The summed E-state index contributed by atoms with van der Waals surface area (Å²) in [6.07, 6.45) is -1.83. The molecule has 3 fully saturated rings. The number of methoxy groups -OCH3 is 1. The predicted molar refractivity (Wildman–Crippen MR) is 94.8 cm³/mol. The van der Waals surface area contributed by atoms with E-state index in [0.29, 0.717) is 13.0 Å². The minimum atomic E-state index is -0.872. The van der Waals surface area contributed by atoms with Gasteiger partial charge in [0.25, 0.3) is 0 Å². The van der Waals surface area contributed by atoms with Gasteiger partial charge >= 0.3 is 5.97 Å². The van der Waals surface area contributed by atoms with Crippen LogP contribution < -0.4 is 10.8 Å². The molecule has 1 amide bonds. The van der Waals surface area contributed by atoms with Crippen molar-refractivity contribution in [1.82, 2.24) is 10.8 Å². The van der Waals surface area contributed by atoms with Crippen LogP contribution in [0.4, 0.5) is 0 Å². The van der Waals surface area contributed by atoms with Crippen LogP contribution in [0.5, 0.6) is 0 Å². The van der Waals surface area contributed by atoms with Crippen LogP contribution in [0.25, 0.3) is 0 Å². The Hall–Kier alpha value is -1.30. The number of amides is 1. The van der Waals surface area contributed by atoms with E-state index >= 15 is 0 Å². The first-order valence-electron chi connectivity index (χ1n) is 9.45. The van der Waals surface area contributed by atoms with Gasteiger partial charge in [0.1, 0.15) is 18.3 Å². The Kier molecular flexibility index (Phi) is 6.00. The summed E-state index contributed by atoms with van der Waals surface area (Å²) in [6, 6.07) is -0.903. The van der Waals surface area contributed by atoms with E-state index in [1.54, 1.807) is 0 Å². The van der Waals surface area contributed by atoms with Gasteiger partial charge in [-0.1, -0.05) is 0 Å². The number of rotatable bonds is 5. The highest BCUT2D eigenvalue weighted by molar-refractivity contribution is 5.75. The standard InChI is InChI=1S/C18H30N2O8/c1-9(21)19-13(10-7-11(28-20-10)16(22)23-6)15-14(26-18(4,5)27-15)12-8-24-17(2,3)25-12/h10-15,20H,7-8H2,1-6H3,(H,19,21)/t10-,11-,12+,13+,14+,15+/m0/s1. The van der Waals surface area contributed by atoms with Crippen molar-refractivity contribution in [2.45, 2.75) is 89.1 Å². The number of carbonyl (C=O) groups is 2. The summed E-state index contributed by atoms with van der Waals surface area (Å²) in [6.45, 7) is 9.06. The first kappa shape index (κ1) is 21.4. The summed E-state index contributed by atoms with van der Waals surface area (Å²) in [5.41, 5.74) is 2.84. The Morgan fingerprint density at radius 1 is 1.14 bits per heavy atom. The second kappa shape index (κ2) is 7.85. The number of ether oxygens (including phenoxy) is 5. The fourth-order valence-electron chi connectivity index (χ4n) is 3.90. The van der Waals surface area contributed by atoms with Crippen LogP contribution in [0.2, 0.25) is 0 Å². The lowest BCUT2D eigenvalue weighted by Gasteiger charge is -2.32. The number of carbonyl (C=O) groups excluding carboxylic acids is 2. The molecular weight excluding hydrogens is 372 g/mol. The van der Waals surface area contributed by atoms with Crippen LogP contribution in [0.3, 0.4) is 0 Å². The van der Waals surface area contributed by atoms with Gasteiger partial charge < -0.3 is 29.0 Å². The van der Waals surface area contributed by atoms with Crippen molar-refractivity contribution in [3.05, 3.63) is 0 Å². The molecule has 3 saturated heterocycles. The van der Waals surface area contributed by atoms with Crippen molar-refractivity contribution >= 4 is 11.9 Å². The molecule has 0 spiro atoms. The largest absolute Gasteiger partial charge is 0.467 e. The highest BCUT2D eigenvalue weighted by Crippen LogP contribution is 2.38. The maximum Gasteiger partial charge on any atom is 0.337 e. The van der Waals surface area contributed by atoms with Crippen molar-refractivity contribution < 1.29 is 38.1 Å². The molecule has 6 atom stereocenters. The summed E-state index contributed by atoms with van der Waals surface area (Å²) in [4.78, 5) is 29.1. The van der Waals surface area contributed by atoms with E-state index in [0.717, 1.165) is 0 Å². The Balaban J connectivity index is 1.81. The van der Waals surface area contributed by atoms with Gasteiger partial charge in [-0.2, -0.15) is 5.48 Å². The topological polar surface area (TPSA) is 114 Å². The van der Waals surface area contributed by atoms with Crippen LogP contribution in [0.15, 0.2) is 0 Å². The summed E-state index contributed by atoms with van der Waals surface area (Å²) in [5.74, 6) is -2.31. The molecule has 3 rings (SSSR count). The van der Waals surface area contributed by atoms with Crippen LogP contribution in [0.1, 0.15) is 41.0 Å². The molecule has 3 aliphatic rings. The first-order valence-corrected chi connectivity index (χ1v) is 9.45. The minimum Gasteiger partial charge on any atom is -0.467 e. The predicted octanol–water partition coefficient (Wildman–Crippen LogP) is -0.00220. The fraction of sp³-hybridized carbons (Fsp3) is 0.889. The normalized spacial score (nSPS) is 37.6. The van der Waals surface area contributed by atoms with Gasteiger partial charge in [0, 0.05) is 13.3 Å². The number of hydrogen-bond acceptors (Lipinski definition) is 9. The molecule has 3 heterocycles. The van der Waals surface area contributed by atoms with Crippen LogP contribution in [-0.2, 0) is 38.1 Å². The number of esters is 1. The van der Waals surface area contributed by atoms with Crippen molar-refractivity contribution in [3.63, 3.8) is 0 Å². The molecule has 0 aromatic rings. The molecule has 0 aromatic carbocycles. The first-order chi connectivity index (χ1) is 13.0.